The lowest BCUT2D eigenvalue weighted by Gasteiger charge is -2.62. The molecule has 4 unspecified atom stereocenters. The Hall–Kier alpha value is -0.660. The van der Waals surface area contributed by atoms with Gasteiger partial charge in [-0.25, -0.2) is 0 Å². The van der Waals surface area contributed by atoms with Crippen molar-refractivity contribution in [2.24, 2.45) is 40.4 Å². The maximum Gasteiger partial charge on any atom is 0.266 e. The summed E-state index contributed by atoms with van der Waals surface area (Å²) in [6.07, 6.45) is 13.3. The molecule has 8 atom stereocenters. The van der Waals surface area contributed by atoms with Gasteiger partial charge in [-0.05, 0) is 98.2 Å². The minimum atomic E-state index is -4.04. The smallest absolute Gasteiger partial charge is 0.266 e. The Bertz CT molecular complexity index is 800. The summed E-state index contributed by atoms with van der Waals surface area (Å²) in [6, 6.07) is 0. The van der Waals surface area contributed by atoms with Crippen LogP contribution in [0, 0.1) is 40.4 Å². The van der Waals surface area contributed by atoms with E-state index in [1.165, 1.54) is 51.4 Å². The summed E-state index contributed by atoms with van der Waals surface area (Å²) in [4.78, 5) is 12.0. The summed E-state index contributed by atoms with van der Waals surface area (Å²) in [6.45, 7) is 4.96. The van der Waals surface area contributed by atoms with Crippen molar-refractivity contribution in [3.63, 3.8) is 0 Å². The van der Waals surface area contributed by atoms with Gasteiger partial charge in [-0.15, -0.1) is 0 Å². The number of nitrogens with one attached hydrogen (secondary N) is 1. The second kappa shape index (κ2) is 9.18. The second-order valence-electron chi connectivity index (χ2n) is 11.9. The van der Waals surface area contributed by atoms with Crippen LogP contribution in [-0.2, 0) is 14.9 Å². The highest BCUT2D eigenvalue weighted by molar-refractivity contribution is 7.85. The summed E-state index contributed by atoms with van der Waals surface area (Å²) in [7, 11) is -4.04. The Morgan fingerprint density at radius 2 is 1.78 bits per heavy atom. The fourth-order valence-electron chi connectivity index (χ4n) is 8.75. The minimum Gasteiger partial charge on any atom is -0.393 e. The van der Waals surface area contributed by atoms with E-state index in [1.54, 1.807) is 0 Å². The highest BCUT2D eigenvalue weighted by atomic mass is 32.2. The number of amides is 1. The molecule has 184 valence electrons. The van der Waals surface area contributed by atoms with Crippen molar-refractivity contribution in [2.45, 2.75) is 97.0 Å². The molecule has 0 spiro atoms. The van der Waals surface area contributed by atoms with Crippen molar-refractivity contribution in [1.29, 1.82) is 0 Å². The van der Waals surface area contributed by atoms with E-state index < -0.39 is 15.9 Å². The molecule has 6 nitrogen and oxygen atoms in total. The third kappa shape index (κ3) is 4.63. The monoisotopic (exact) mass is 469 g/mol. The molecule has 0 aromatic carbocycles. The highest BCUT2D eigenvalue weighted by Gasteiger charge is 2.61. The van der Waals surface area contributed by atoms with Crippen LogP contribution in [0.3, 0.4) is 0 Å². The molecule has 32 heavy (non-hydrogen) atoms. The Morgan fingerprint density at radius 1 is 1.03 bits per heavy atom. The second-order valence-corrected chi connectivity index (χ2v) is 13.5. The topological polar surface area (TPSA) is 104 Å². The average Bonchev–Trinajstić information content (AvgIpc) is 3.04. The predicted molar refractivity (Wildman–Crippen MR) is 125 cm³/mol. The highest BCUT2D eigenvalue weighted by Crippen LogP contribution is 2.67. The van der Waals surface area contributed by atoms with Crippen molar-refractivity contribution < 1.29 is 22.9 Å². The van der Waals surface area contributed by atoms with E-state index in [2.05, 4.69) is 19.2 Å². The van der Waals surface area contributed by atoms with Gasteiger partial charge in [-0.1, -0.05) is 26.7 Å². The lowest BCUT2D eigenvalue weighted by atomic mass is 9.44. The van der Waals surface area contributed by atoms with Gasteiger partial charge in [0, 0.05) is 13.0 Å². The lowest BCUT2D eigenvalue weighted by Crippen LogP contribution is -2.57. The molecule has 0 radical (unpaired) electrons. The van der Waals surface area contributed by atoms with Crippen LogP contribution < -0.4 is 5.32 Å². The van der Waals surface area contributed by atoms with Crippen molar-refractivity contribution in [2.75, 3.05) is 12.3 Å². The number of fused-ring (bicyclic) bond motifs is 5. The largest absolute Gasteiger partial charge is 0.393 e. The normalized spacial score (nSPS) is 43.8. The van der Waals surface area contributed by atoms with Gasteiger partial charge >= 0.3 is 0 Å². The Kier molecular flexibility index (Phi) is 7.02. The fourth-order valence-corrected chi connectivity index (χ4v) is 9.11. The molecule has 7 heteroatoms. The van der Waals surface area contributed by atoms with Crippen LogP contribution >= 0.6 is 0 Å². The molecule has 3 N–H and O–H groups in total. The van der Waals surface area contributed by atoms with Gasteiger partial charge < -0.3 is 10.4 Å². The van der Waals surface area contributed by atoms with Crippen molar-refractivity contribution >= 4 is 16.0 Å². The summed E-state index contributed by atoms with van der Waals surface area (Å²) in [5.41, 5.74) is 0.684. The number of aliphatic hydroxyl groups excluding tert-OH is 1. The molecular weight excluding hydrogens is 426 g/mol. The van der Waals surface area contributed by atoms with E-state index in [1.807, 2.05) is 0 Å². The lowest BCUT2D eigenvalue weighted by molar-refractivity contribution is -0.162. The Balaban J connectivity index is 1.34. The first-order chi connectivity index (χ1) is 15.0. The van der Waals surface area contributed by atoms with Gasteiger partial charge in [0.1, 0.15) is 0 Å². The van der Waals surface area contributed by atoms with Gasteiger partial charge in [0.05, 0.1) is 11.9 Å². The van der Waals surface area contributed by atoms with Gasteiger partial charge in [-0.2, -0.15) is 8.42 Å². The number of carbonyl (C=O) groups is 1. The molecule has 4 aliphatic rings. The van der Waals surface area contributed by atoms with Crippen LogP contribution in [0.5, 0.6) is 0 Å². The molecule has 0 bridgehead atoms. The van der Waals surface area contributed by atoms with Gasteiger partial charge in [-0.3, -0.25) is 9.35 Å². The van der Waals surface area contributed by atoms with E-state index in [0.29, 0.717) is 41.4 Å². The van der Waals surface area contributed by atoms with E-state index in [9.17, 15) is 18.3 Å². The number of carbonyl (C=O) groups excluding carboxylic acids is 1. The molecule has 0 aromatic heterocycles. The first kappa shape index (κ1) is 24.5. The van der Waals surface area contributed by atoms with Crippen LogP contribution in [0.15, 0.2) is 0 Å². The molecule has 4 rings (SSSR count). The van der Waals surface area contributed by atoms with Gasteiger partial charge in [0.25, 0.3) is 10.1 Å². The van der Waals surface area contributed by atoms with Crippen LogP contribution in [0.4, 0.5) is 0 Å². The molecular formula is C25H43NO5S. The molecule has 1 amide bonds. The predicted octanol–water partition coefficient (Wildman–Crippen LogP) is 4.18. The maximum absolute atomic E-state index is 12.0. The maximum atomic E-state index is 12.0. The molecule has 0 aromatic rings. The van der Waals surface area contributed by atoms with Crippen LogP contribution in [0.2, 0.25) is 0 Å². The van der Waals surface area contributed by atoms with Gasteiger partial charge in [0.2, 0.25) is 5.91 Å². The first-order valence-electron chi connectivity index (χ1n) is 12.9. The standard InChI is InChI=1S/C25H43NO5S/c1-24-12-4-3-6-18(24)16-21(27)23-19-10-9-17(25(19,2)13-11-20(23)24)7-5-8-22(28)26-14-15-32(29,30)31/h17-21,23,27H,3-16H2,1-2H3,(H,26,28)(H,29,30,31)/t17-,18?,19?,20+,21?,23-,24?,25+/m0/s1. The van der Waals surface area contributed by atoms with Crippen LogP contribution in [-0.4, -0.2) is 42.4 Å². The third-order valence-corrected chi connectivity index (χ3v) is 11.2. The van der Waals surface area contributed by atoms with Crippen molar-refractivity contribution in [3.05, 3.63) is 0 Å². The van der Waals surface area contributed by atoms with E-state index in [4.69, 9.17) is 4.55 Å². The molecule has 0 aliphatic heterocycles. The number of aliphatic hydroxyl groups is 1. The molecule has 4 aliphatic carbocycles. The number of hydrogen-bond donors (Lipinski definition) is 3. The minimum absolute atomic E-state index is 0.0401. The quantitative estimate of drug-likeness (QED) is 0.485. The summed E-state index contributed by atoms with van der Waals surface area (Å²) >= 11 is 0. The van der Waals surface area contributed by atoms with Gasteiger partial charge in [0.15, 0.2) is 0 Å². The molecule has 4 saturated carbocycles. The molecule has 0 heterocycles. The van der Waals surface area contributed by atoms with E-state index in [-0.39, 0.29) is 24.0 Å². The number of hydrogen-bond acceptors (Lipinski definition) is 4. The van der Waals surface area contributed by atoms with Crippen molar-refractivity contribution in [3.8, 4) is 0 Å². The summed E-state index contributed by atoms with van der Waals surface area (Å²) in [5, 5.41) is 13.9. The fraction of sp³-hybridized carbons (Fsp3) is 0.960. The van der Waals surface area contributed by atoms with Crippen LogP contribution in [0.25, 0.3) is 0 Å². The third-order valence-electron chi connectivity index (χ3n) is 10.4. The summed E-state index contributed by atoms with van der Waals surface area (Å²) < 4.78 is 30.3. The Morgan fingerprint density at radius 3 is 2.53 bits per heavy atom. The Labute approximate surface area is 194 Å². The molecule has 4 fully saturated rings. The first-order valence-corrected chi connectivity index (χ1v) is 14.6. The average molecular weight is 470 g/mol. The SMILES string of the molecule is CC12CCCCC1CC(O)[C@H]1C3CC[C@H](CCCC(=O)NCCS(=O)(=O)O)[C@@]3(C)CC[C@H]12. The van der Waals surface area contributed by atoms with E-state index >= 15 is 0 Å². The zero-order valence-corrected chi connectivity index (χ0v) is 20.7. The number of rotatable bonds is 7. The zero-order chi connectivity index (χ0) is 23.1. The molecule has 0 saturated heterocycles. The summed E-state index contributed by atoms with van der Waals surface area (Å²) in [5.74, 6) is 2.44. The van der Waals surface area contributed by atoms with Crippen molar-refractivity contribution in [1.82, 2.24) is 5.32 Å². The van der Waals surface area contributed by atoms with Crippen LogP contribution in [0.1, 0.15) is 90.9 Å². The zero-order valence-electron chi connectivity index (χ0n) is 19.9. The van der Waals surface area contributed by atoms with E-state index in [0.717, 1.165) is 19.3 Å².